The van der Waals surface area contributed by atoms with Gasteiger partial charge in [-0.15, -0.1) is 0 Å². The molecule has 1 aromatic heterocycles. The number of hydrogen-bond acceptors (Lipinski definition) is 3. The lowest BCUT2D eigenvalue weighted by Crippen LogP contribution is -2.14. The van der Waals surface area contributed by atoms with Gasteiger partial charge in [-0.2, -0.15) is 0 Å². The summed E-state index contributed by atoms with van der Waals surface area (Å²) in [6.45, 7) is 1.88. The Labute approximate surface area is 113 Å². The van der Waals surface area contributed by atoms with Crippen LogP contribution in [0.15, 0.2) is 41.0 Å². The third-order valence-corrected chi connectivity index (χ3v) is 2.86. The zero-order chi connectivity index (χ0) is 13.1. The SMILES string of the molecule is Cc1cc(Br)cnc1NC(=O)c1cccc(N)c1. The first-order chi connectivity index (χ1) is 8.56. The molecule has 0 fully saturated rings. The van der Waals surface area contributed by atoms with Crippen LogP contribution >= 0.6 is 15.9 Å². The molecule has 0 aliphatic heterocycles. The summed E-state index contributed by atoms with van der Waals surface area (Å²) in [5.74, 6) is 0.325. The van der Waals surface area contributed by atoms with Gasteiger partial charge in [0.25, 0.3) is 5.91 Å². The summed E-state index contributed by atoms with van der Waals surface area (Å²) in [6.07, 6.45) is 1.64. The molecular formula is C13H12BrN3O. The average Bonchev–Trinajstić information content (AvgIpc) is 2.32. The van der Waals surface area contributed by atoms with Crippen molar-refractivity contribution in [3.63, 3.8) is 0 Å². The maximum atomic E-state index is 12.0. The molecule has 4 nitrogen and oxygen atoms in total. The zero-order valence-corrected chi connectivity index (χ0v) is 11.4. The van der Waals surface area contributed by atoms with E-state index in [1.54, 1.807) is 30.5 Å². The molecule has 1 amide bonds. The van der Waals surface area contributed by atoms with E-state index in [0.717, 1.165) is 10.0 Å². The Morgan fingerprint density at radius 3 is 2.83 bits per heavy atom. The number of nitrogen functional groups attached to an aromatic ring is 1. The fraction of sp³-hybridized carbons (Fsp3) is 0.0769. The number of aryl methyl sites for hydroxylation is 1. The molecule has 0 aliphatic carbocycles. The monoisotopic (exact) mass is 305 g/mol. The van der Waals surface area contributed by atoms with Crippen molar-refractivity contribution in [1.29, 1.82) is 0 Å². The Balaban J connectivity index is 2.21. The highest BCUT2D eigenvalue weighted by molar-refractivity contribution is 9.10. The second-order valence-electron chi connectivity index (χ2n) is 3.90. The number of nitrogens with one attached hydrogen (secondary N) is 1. The summed E-state index contributed by atoms with van der Waals surface area (Å²) >= 11 is 3.33. The van der Waals surface area contributed by atoms with E-state index in [4.69, 9.17) is 5.73 Å². The van der Waals surface area contributed by atoms with Gasteiger partial charge in [-0.25, -0.2) is 4.98 Å². The van der Waals surface area contributed by atoms with Crippen LogP contribution in [0.4, 0.5) is 11.5 Å². The fourth-order valence-corrected chi connectivity index (χ4v) is 1.98. The number of halogens is 1. The number of carbonyl (C=O) groups is 1. The number of carbonyl (C=O) groups excluding carboxylic acids is 1. The minimum absolute atomic E-state index is 0.222. The predicted octanol–water partition coefficient (Wildman–Crippen LogP) is 2.99. The number of anilines is 2. The summed E-state index contributed by atoms with van der Waals surface area (Å²) in [5.41, 5.74) is 7.60. The number of pyridine rings is 1. The third kappa shape index (κ3) is 2.87. The van der Waals surface area contributed by atoms with Crippen LogP contribution in [0, 0.1) is 6.92 Å². The first-order valence-electron chi connectivity index (χ1n) is 5.35. The normalized spacial score (nSPS) is 10.1. The number of hydrogen-bond donors (Lipinski definition) is 2. The number of amides is 1. The quantitative estimate of drug-likeness (QED) is 0.838. The molecular weight excluding hydrogens is 294 g/mol. The first-order valence-corrected chi connectivity index (χ1v) is 6.14. The van der Waals surface area contributed by atoms with Gasteiger partial charge in [0.2, 0.25) is 0 Å². The van der Waals surface area contributed by atoms with E-state index in [2.05, 4.69) is 26.2 Å². The summed E-state index contributed by atoms with van der Waals surface area (Å²) in [5, 5.41) is 2.75. The van der Waals surface area contributed by atoms with Crippen LogP contribution in [0.1, 0.15) is 15.9 Å². The molecule has 1 heterocycles. The van der Waals surface area contributed by atoms with E-state index >= 15 is 0 Å². The fourth-order valence-electron chi connectivity index (χ4n) is 1.53. The van der Waals surface area contributed by atoms with Gasteiger partial charge in [0.15, 0.2) is 0 Å². The molecule has 2 rings (SSSR count). The Kier molecular flexibility index (Phi) is 3.62. The van der Waals surface area contributed by atoms with Crippen LogP contribution in [0.25, 0.3) is 0 Å². The van der Waals surface area contributed by atoms with Gasteiger partial charge in [-0.3, -0.25) is 4.79 Å². The molecule has 92 valence electrons. The lowest BCUT2D eigenvalue weighted by atomic mass is 10.2. The van der Waals surface area contributed by atoms with Crippen molar-refractivity contribution < 1.29 is 4.79 Å². The van der Waals surface area contributed by atoms with Gasteiger partial charge < -0.3 is 11.1 Å². The van der Waals surface area contributed by atoms with Gasteiger partial charge in [0.05, 0.1) is 0 Å². The van der Waals surface area contributed by atoms with Crippen molar-refractivity contribution in [3.8, 4) is 0 Å². The number of nitrogens with zero attached hydrogens (tertiary/aromatic N) is 1. The minimum Gasteiger partial charge on any atom is -0.399 e. The second kappa shape index (κ2) is 5.18. The smallest absolute Gasteiger partial charge is 0.256 e. The number of aromatic nitrogens is 1. The Morgan fingerprint density at radius 2 is 2.17 bits per heavy atom. The Morgan fingerprint density at radius 1 is 1.39 bits per heavy atom. The molecule has 0 unspecified atom stereocenters. The van der Waals surface area contributed by atoms with Crippen molar-refractivity contribution in [2.75, 3.05) is 11.1 Å². The van der Waals surface area contributed by atoms with Crippen LogP contribution in [-0.4, -0.2) is 10.9 Å². The topological polar surface area (TPSA) is 68.0 Å². The molecule has 0 atom stereocenters. The molecule has 2 aromatic rings. The standard InChI is InChI=1S/C13H12BrN3O/c1-8-5-10(14)7-16-12(8)17-13(18)9-3-2-4-11(15)6-9/h2-7H,15H2,1H3,(H,16,17,18). The van der Waals surface area contributed by atoms with Crippen molar-refractivity contribution in [2.45, 2.75) is 6.92 Å². The van der Waals surface area contributed by atoms with E-state index in [-0.39, 0.29) is 5.91 Å². The largest absolute Gasteiger partial charge is 0.399 e. The molecule has 3 N–H and O–H groups in total. The molecule has 18 heavy (non-hydrogen) atoms. The average molecular weight is 306 g/mol. The summed E-state index contributed by atoms with van der Waals surface area (Å²) in [7, 11) is 0. The maximum Gasteiger partial charge on any atom is 0.256 e. The van der Waals surface area contributed by atoms with Gasteiger partial charge in [-0.1, -0.05) is 6.07 Å². The molecule has 1 aromatic carbocycles. The number of nitrogens with two attached hydrogens (primary N) is 1. The van der Waals surface area contributed by atoms with Crippen LogP contribution in [0.3, 0.4) is 0 Å². The lowest BCUT2D eigenvalue weighted by molar-refractivity contribution is 0.102. The highest BCUT2D eigenvalue weighted by atomic mass is 79.9. The van der Waals surface area contributed by atoms with Gasteiger partial charge in [0.1, 0.15) is 5.82 Å². The van der Waals surface area contributed by atoms with Crippen molar-refractivity contribution in [1.82, 2.24) is 4.98 Å². The maximum absolute atomic E-state index is 12.0. The molecule has 0 aliphatic rings. The third-order valence-electron chi connectivity index (χ3n) is 2.43. The minimum atomic E-state index is -0.222. The number of benzene rings is 1. The Hall–Kier alpha value is -1.88. The van der Waals surface area contributed by atoms with Crippen molar-refractivity contribution >= 4 is 33.3 Å². The molecule has 5 heteroatoms. The van der Waals surface area contributed by atoms with E-state index in [0.29, 0.717) is 17.1 Å². The van der Waals surface area contributed by atoms with Crippen LogP contribution in [0.2, 0.25) is 0 Å². The predicted molar refractivity (Wildman–Crippen MR) is 75.5 cm³/mol. The van der Waals surface area contributed by atoms with Gasteiger partial charge in [-0.05, 0) is 52.7 Å². The summed E-state index contributed by atoms with van der Waals surface area (Å²) in [6, 6.07) is 8.71. The van der Waals surface area contributed by atoms with E-state index in [9.17, 15) is 4.79 Å². The zero-order valence-electron chi connectivity index (χ0n) is 9.77. The number of rotatable bonds is 2. The highest BCUT2D eigenvalue weighted by Gasteiger charge is 2.08. The van der Waals surface area contributed by atoms with Crippen molar-refractivity contribution in [3.05, 3.63) is 52.1 Å². The molecule has 0 saturated heterocycles. The van der Waals surface area contributed by atoms with E-state index in [1.807, 2.05) is 13.0 Å². The van der Waals surface area contributed by atoms with Crippen molar-refractivity contribution in [2.24, 2.45) is 0 Å². The molecule has 0 spiro atoms. The molecule has 0 bridgehead atoms. The molecule has 0 saturated carbocycles. The van der Waals surface area contributed by atoms with Crippen LogP contribution < -0.4 is 11.1 Å². The van der Waals surface area contributed by atoms with E-state index in [1.165, 1.54) is 0 Å². The van der Waals surface area contributed by atoms with Gasteiger partial charge >= 0.3 is 0 Å². The van der Waals surface area contributed by atoms with Gasteiger partial charge in [0, 0.05) is 21.9 Å². The summed E-state index contributed by atoms with van der Waals surface area (Å²) < 4.78 is 0.877. The van der Waals surface area contributed by atoms with Crippen LogP contribution in [-0.2, 0) is 0 Å². The summed E-state index contributed by atoms with van der Waals surface area (Å²) in [4.78, 5) is 16.1. The Bertz CT molecular complexity index is 599. The highest BCUT2D eigenvalue weighted by Crippen LogP contribution is 2.17. The van der Waals surface area contributed by atoms with E-state index < -0.39 is 0 Å². The first kappa shape index (κ1) is 12.6. The lowest BCUT2D eigenvalue weighted by Gasteiger charge is -2.07. The second-order valence-corrected chi connectivity index (χ2v) is 4.81. The molecule has 0 radical (unpaired) electrons. The van der Waals surface area contributed by atoms with Crippen LogP contribution in [0.5, 0.6) is 0 Å².